The Morgan fingerprint density at radius 3 is 2.17 bits per heavy atom. The zero-order valence-corrected chi connectivity index (χ0v) is 16.3. The van der Waals surface area contributed by atoms with E-state index in [9.17, 15) is 27.6 Å². The molecule has 2 rings (SSSR count). The third-order valence-electron chi connectivity index (χ3n) is 3.36. The summed E-state index contributed by atoms with van der Waals surface area (Å²) >= 11 is 0. The summed E-state index contributed by atoms with van der Waals surface area (Å²) in [7, 11) is 0. The fourth-order valence-electron chi connectivity index (χ4n) is 2.09. The van der Waals surface area contributed by atoms with E-state index in [2.05, 4.69) is 25.3 Å². The van der Waals surface area contributed by atoms with Gasteiger partial charge in [-0.3, -0.25) is 9.59 Å². The highest BCUT2D eigenvalue weighted by Crippen LogP contribution is 2.29. The molecule has 1 heterocycles. The number of alkyl carbamates (subject to hydrolysis) is 1. The van der Waals surface area contributed by atoms with Crippen LogP contribution < -0.4 is 10.6 Å². The number of rotatable bonds is 6. The molecule has 30 heavy (non-hydrogen) atoms. The predicted molar refractivity (Wildman–Crippen MR) is 96.3 cm³/mol. The Balaban J connectivity index is 1.87. The van der Waals surface area contributed by atoms with Crippen LogP contribution in [0.3, 0.4) is 0 Å². The molecule has 1 aromatic carbocycles. The molecular weight excluding hydrogens is 409 g/mol. The van der Waals surface area contributed by atoms with Crippen molar-refractivity contribution in [2.45, 2.75) is 32.5 Å². The molecule has 0 unspecified atom stereocenters. The maximum Gasteiger partial charge on any atom is 0.471 e. The average Bonchev–Trinajstić information content (AvgIpc) is 3.14. The first kappa shape index (κ1) is 22.8. The number of hydrogen-bond donors (Lipinski definition) is 2. The highest BCUT2D eigenvalue weighted by atomic mass is 19.4. The van der Waals surface area contributed by atoms with Gasteiger partial charge in [0.25, 0.3) is 5.91 Å². The number of halogens is 3. The quantitative estimate of drug-likeness (QED) is 0.412. The van der Waals surface area contributed by atoms with Crippen LogP contribution in [0.1, 0.15) is 37.0 Å². The Morgan fingerprint density at radius 2 is 1.63 bits per heavy atom. The number of amides is 2. The molecule has 0 fully saturated rings. The molecule has 0 bridgehead atoms. The average molecular weight is 428 g/mol. The number of carbonyl (C=O) groups is 3. The van der Waals surface area contributed by atoms with Crippen LogP contribution >= 0.6 is 0 Å². The van der Waals surface area contributed by atoms with Crippen molar-refractivity contribution in [1.29, 1.82) is 0 Å². The van der Waals surface area contributed by atoms with Crippen molar-refractivity contribution < 1.29 is 36.8 Å². The zero-order valence-electron chi connectivity index (χ0n) is 16.3. The number of ether oxygens (including phenoxy) is 1. The van der Waals surface area contributed by atoms with Crippen molar-refractivity contribution >= 4 is 17.8 Å². The summed E-state index contributed by atoms with van der Waals surface area (Å²) in [5.74, 6) is -3.56. The predicted octanol–water partition coefficient (Wildman–Crippen LogP) is 2.58. The van der Waals surface area contributed by atoms with Crippen LogP contribution in [0.4, 0.5) is 18.0 Å². The summed E-state index contributed by atoms with van der Waals surface area (Å²) in [6.07, 6.45) is -5.42. The number of ketones is 1. The fourth-order valence-corrected chi connectivity index (χ4v) is 2.09. The van der Waals surface area contributed by atoms with E-state index in [0.29, 0.717) is 0 Å². The molecule has 0 saturated carbocycles. The minimum absolute atomic E-state index is 0.00895. The molecule has 9 nitrogen and oxygen atoms in total. The van der Waals surface area contributed by atoms with Gasteiger partial charge < -0.3 is 19.9 Å². The first-order chi connectivity index (χ1) is 13.9. The number of nitrogens with one attached hydrogen (secondary N) is 2. The van der Waals surface area contributed by atoms with Crippen molar-refractivity contribution in [2.75, 3.05) is 13.1 Å². The molecule has 2 N–H and O–H groups in total. The molecule has 0 aliphatic carbocycles. The lowest BCUT2D eigenvalue weighted by Gasteiger charge is -2.19. The van der Waals surface area contributed by atoms with Gasteiger partial charge in [0, 0.05) is 24.2 Å². The number of Topliss-reactive ketones (excluding diaryl/α,β-unsaturated/α-hetero) is 1. The summed E-state index contributed by atoms with van der Waals surface area (Å²) in [5.41, 5.74) is -0.477. The van der Waals surface area contributed by atoms with E-state index in [1.54, 1.807) is 20.8 Å². The Bertz CT molecular complexity index is 917. The molecule has 0 atom stereocenters. The third-order valence-corrected chi connectivity index (χ3v) is 3.36. The Hall–Kier alpha value is -3.44. The third kappa shape index (κ3) is 6.57. The van der Waals surface area contributed by atoms with E-state index < -0.39 is 35.5 Å². The molecule has 1 aromatic heterocycles. The molecule has 162 valence electrons. The van der Waals surface area contributed by atoms with Crippen LogP contribution in [-0.4, -0.2) is 46.6 Å². The van der Waals surface area contributed by atoms with Gasteiger partial charge in [-0.05, 0) is 20.8 Å². The van der Waals surface area contributed by atoms with E-state index in [1.807, 2.05) is 0 Å². The highest BCUT2D eigenvalue weighted by Gasteiger charge is 2.38. The first-order valence-corrected chi connectivity index (χ1v) is 8.67. The number of carbonyl (C=O) groups excluding carboxylic acids is 3. The number of benzene rings is 1. The lowest BCUT2D eigenvalue weighted by atomic mass is 10.1. The number of aromatic nitrogens is 2. The number of nitrogens with zero attached hydrogens (tertiary/aromatic N) is 2. The van der Waals surface area contributed by atoms with Crippen LogP contribution in [-0.2, 0) is 15.7 Å². The van der Waals surface area contributed by atoms with Crippen molar-refractivity contribution in [3.63, 3.8) is 0 Å². The van der Waals surface area contributed by atoms with Gasteiger partial charge in [-0.1, -0.05) is 29.4 Å². The van der Waals surface area contributed by atoms with Gasteiger partial charge in [0.15, 0.2) is 0 Å². The van der Waals surface area contributed by atoms with Gasteiger partial charge in [0.2, 0.25) is 11.6 Å². The van der Waals surface area contributed by atoms with E-state index in [4.69, 9.17) is 4.74 Å². The molecule has 0 saturated heterocycles. The minimum atomic E-state index is -4.77. The van der Waals surface area contributed by atoms with E-state index in [0.717, 1.165) is 0 Å². The summed E-state index contributed by atoms with van der Waals surface area (Å²) < 4.78 is 46.7. The van der Waals surface area contributed by atoms with Crippen molar-refractivity contribution in [3.05, 3.63) is 35.7 Å². The smallest absolute Gasteiger partial charge is 0.444 e. The zero-order chi connectivity index (χ0) is 22.5. The van der Waals surface area contributed by atoms with Crippen LogP contribution in [0.2, 0.25) is 0 Å². The van der Waals surface area contributed by atoms with E-state index in [1.165, 1.54) is 24.3 Å². The summed E-state index contributed by atoms with van der Waals surface area (Å²) in [5, 5.41) is 8.00. The van der Waals surface area contributed by atoms with Crippen molar-refractivity contribution in [1.82, 2.24) is 20.8 Å². The molecule has 0 aliphatic rings. The van der Waals surface area contributed by atoms with Gasteiger partial charge in [-0.15, -0.1) is 0 Å². The maximum atomic E-state index is 12.5. The van der Waals surface area contributed by atoms with E-state index in [-0.39, 0.29) is 30.0 Å². The second-order valence-electron chi connectivity index (χ2n) is 7.01. The summed E-state index contributed by atoms with van der Waals surface area (Å²) in [4.78, 5) is 38.7. The lowest BCUT2D eigenvalue weighted by molar-refractivity contribution is -0.159. The van der Waals surface area contributed by atoms with Gasteiger partial charge in [-0.25, -0.2) is 4.79 Å². The monoisotopic (exact) mass is 428 g/mol. The Labute approximate surface area is 169 Å². The molecule has 0 radical (unpaired) electrons. The Morgan fingerprint density at radius 1 is 1.03 bits per heavy atom. The highest BCUT2D eigenvalue weighted by molar-refractivity contribution is 6.42. The molecule has 0 spiro atoms. The molecule has 12 heteroatoms. The molecule has 2 amide bonds. The number of hydrogen-bond acceptors (Lipinski definition) is 7. The van der Waals surface area contributed by atoms with Crippen molar-refractivity contribution in [3.8, 4) is 11.4 Å². The van der Waals surface area contributed by atoms with E-state index >= 15 is 0 Å². The minimum Gasteiger partial charge on any atom is -0.444 e. The topological polar surface area (TPSA) is 123 Å². The molecule has 0 aliphatic heterocycles. The maximum absolute atomic E-state index is 12.5. The van der Waals surface area contributed by atoms with Gasteiger partial charge in [-0.2, -0.15) is 18.2 Å². The van der Waals surface area contributed by atoms with Crippen LogP contribution in [0.5, 0.6) is 0 Å². The molecular formula is C18H19F3N4O5. The second kappa shape index (κ2) is 8.93. The van der Waals surface area contributed by atoms with Gasteiger partial charge in [0.05, 0.1) is 0 Å². The largest absolute Gasteiger partial charge is 0.471 e. The fraction of sp³-hybridized carbons (Fsp3) is 0.389. The summed E-state index contributed by atoms with van der Waals surface area (Å²) in [6.45, 7) is 5.14. The first-order valence-electron chi connectivity index (χ1n) is 8.67. The lowest BCUT2D eigenvalue weighted by Crippen LogP contribution is -2.39. The SMILES string of the molecule is CC(C)(C)OC(=O)NCCNC(=O)C(=O)c1ccc(-c2noc(C(F)(F)F)n2)cc1. The van der Waals surface area contributed by atoms with Gasteiger partial charge >= 0.3 is 18.2 Å². The Kier molecular flexibility index (Phi) is 6.80. The standard InChI is InChI=1S/C18H19F3N4O5/c1-17(2,3)29-16(28)23-9-8-22-14(27)12(26)10-4-6-11(7-5-10)13-24-15(30-25-13)18(19,20)21/h4-7H,8-9H2,1-3H3,(H,22,27)(H,23,28). The van der Waals surface area contributed by atoms with Crippen LogP contribution in [0, 0.1) is 0 Å². The van der Waals surface area contributed by atoms with Crippen LogP contribution in [0.25, 0.3) is 11.4 Å². The van der Waals surface area contributed by atoms with Crippen LogP contribution in [0.15, 0.2) is 28.8 Å². The normalized spacial score (nSPS) is 11.7. The van der Waals surface area contributed by atoms with Crippen molar-refractivity contribution in [2.24, 2.45) is 0 Å². The second-order valence-corrected chi connectivity index (χ2v) is 7.01. The van der Waals surface area contributed by atoms with Gasteiger partial charge in [0.1, 0.15) is 5.60 Å². The number of alkyl halides is 3. The molecule has 2 aromatic rings. The summed E-state index contributed by atoms with van der Waals surface area (Å²) in [6, 6.07) is 5.07.